The summed E-state index contributed by atoms with van der Waals surface area (Å²) in [7, 11) is -10.7. The Morgan fingerprint density at radius 2 is 1.33 bits per heavy atom. The monoisotopic (exact) mass is 651 g/mol. The van der Waals surface area contributed by atoms with E-state index in [0.717, 1.165) is 6.92 Å². The van der Waals surface area contributed by atoms with E-state index in [2.05, 4.69) is 19.7 Å². The molecule has 1 unspecified atom stereocenters. The number of ketones is 1. The van der Waals surface area contributed by atoms with Gasteiger partial charge in [-0.15, -0.1) is 0 Å². The zero-order valence-corrected chi connectivity index (χ0v) is 28.5. The van der Waals surface area contributed by atoms with Crippen molar-refractivity contribution < 1.29 is 103 Å². The van der Waals surface area contributed by atoms with Gasteiger partial charge in [-0.2, -0.15) is 10.2 Å². The van der Waals surface area contributed by atoms with Gasteiger partial charge in [-0.1, -0.05) is 48.0 Å². The van der Waals surface area contributed by atoms with E-state index in [9.17, 15) is 35.5 Å². The number of hydrogen-bond acceptors (Lipinski definition) is 12. The number of amides is 1. The minimum absolute atomic E-state index is 0. The van der Waals surface area contributed by atoms with Crippen LogP contribution in [0.2, 0.25) is 5.02 Å². The average Bonchev–Trinajstić information content (AvgIpc) is 2.86. The molecule has 1 amide bonds. The minimum atomic E-state index is -5.39. The summed E-state index contributed by atoms with van der Waals surface area (Å²) in [6, 6.07) is 13.6. The van der Waals surface area contributed by atoms with Gasteiger partial charge in [-0.05, 0) is 37.3 Å². The number of halogens is 1. The van der Waals surface area contributed by atoms with Gasteiger partial charge in [0.15, 0.2) is 17.3 Å². The Morgan fingerprint density at radius 3 is 1.88 bits per heavy atom. The van der Waals surface area contributed by atoms with Crippen LogP contribution in [0.15, 0.2) is 77.0 Å². The number of anilines is 1. The molecule has 0 aliphatic rings. The van der Waals surface area contributed by atoms with Crippen LogP contribution in [-0.4, -0.2) is 43.7 Å². The first-order valence-electron chi connectivity index (χ1n) is 11.0. The first-order valence-corrected chi connectivity index (χ1v) is 14.0. The van der Waals surface area contributed by atoms with Gasteiger partial charge in [0.05, 0.1) is 11.1 Å². The molecule has 0 heterocycles. The van der Waals surface area contributed by atoms with Crippen molar-refractivity contribution in [1.29, 1.82) is 0 Å². The Morgan fingerprint density at radius 1 is 0.810 bits per heavy atom. The van der Waals surface area contributed by atoms with Gasteiger partial charge in [-0.3, -0.25) is 9.59 Å². The van der Waals surface area contributed by atoms with E-state index in [4.69, 9.17) is 15.8 Å². The van der Waals surface area contributed by atoms with Gasteiger partial charge < -0.3 is 22.8 Å². The zero-order chi connectivity index (χ0) is 29.2. The Kier molecular flexibility index (Phi) is 12.5. The first-order chi connectivity index (χ1) is 18.7. The maximum Gasteiger partial charge on any atom is 1.00 e. The molecule has 0 aromatic heterocycles. The van der Waals surface area contributed by atoms with Crippen molar-refractivity contribution in [3.05, 3.63) is 71.8 Å². The van der Waals surface area contributed by atoms with E-state index in [1.807, 2.05) is 0 Å². The van der Waals surface area contributed by atoms with E-state index in [-0.39, 0.29) is 86.3 Å². The quantitative estimate of drug-likeness (QED) is 0.0527. The number of nitrogens with one attached hydrogen (secondary N) is 1. The van der Waals surface area contributed by atoms with Crippen LogP contribution in [0.4, 0.5) is 11.4 Å². The van der Waals surface area contributed by atoms with Gasteiger partial charge in [0.1, 0.15) is 0 Å². The molecule has 13 nitrogen and oxygen atoms in total. The minimum Gasteiger partial charge on any atom is -0.716 e. The van der Waals surface area contributed by atoms with E-state index in [0.29, 0.717) is 10.7 Å². The topological polar surface area (TPSA) is 204 Å². The molecule has 0 saturated carbocycles. The van der Waals surface area contributed by atoms with E-state index < -0.39 is 50.0 Å². The smallest absolute Gasteiger partial charge is 0.716 e. The molecule has 0 saturated heterocycles. The first kappa shape index (κ1) is 36.0. The maximum atomic E-state index is 12.8. The summed E-state index contributed by atoms with van der Waals surface area (Å²) >= 11 is 5.83. The predicted octanol–water partition coefficient (Wildman–Crippen LogP) is -1.99. The summed E-state index contributed by atoms with van der Waals surface area (Å²) in [5.41, 5.74) is 0.0602. The van der Waals surface area contributed by atoms with Gasteiger partial charge in [-0.25, -0.2) is 16.8 Å². The fraction of sp³-hybridized carbons (Fsp3) is 0.0833. The normalized spacial score (nSPS) is 12.3. The van der Waals surface area contributed by atoms with Crippen molar-refractivity contribution in [2.24, 2.45) is 10.2 Å². The fourth-order valence-electron chi connectivity index (χ4n) is 3.77. The number of carbonyl (C=O) groups excluding carboxylic acids is 2. The predicted molar refractivity (Wildman–Crippen MR) is 141 cm³/mol. The van der Waals surface area contributed by atoms with Crippen LogP contribution in [0.25, 0.3) is 21.5 Å². The summed E-state index contributed by atoms with van der Waals surface area (Å²) < 4.78 is 78.9. The zero-order valence-electron chi connectivity index (χ0n) is 22.1. The molecule has 4 rings (SSSR count). The third-order valence-electron chi connectivity index (χ3n) is 5.33. The van der Waals surface area contributed by atoms with Crippen LogP contribution in [0.1, 0.15) is 6.92 Å². The van der Waals surface area contributed by atoms with Gasteiger partial charge in [0.25, 0.3) is 26.7 Å². The molecule has 42 heavy (non-hydrogen) atoms. The SMILES string of the molecule is CC(=O)C(N=Nc1cccc2c(OS(=O)(=O)[O-])c3ccccc3c(OS(=O)(=O)[O-])c12)C(=O)Nc1ccc(Cl)cc1.[Na+].[Na+]. The Bertz CT molecular complexity index is 1910. The molecule has 4 aromatic carbocycles. The van der Waals surface area contributed by atoms with Gasteiger partial charge >= 0.3 is 59.1 Å². The van der Waals surface area contributed by atoms with E-state index in [1.165, 1.54) is 66.7 Å². The molecule has 0 aliphatic carbocycles. The van der Waals surface area contributed by atoms with Gasteiger partial charge in [0.2, 0.25) is 6.04 Å². The Balaban J connectivity index is 0.00000308. The second-order valence-corrected chi connectivity index (χ2v) is 10.5. The van der Waals surface area contributed by atoms with E-state index >= 15 is 0 Å². The van der Waals surface area contributed by atoms with Crippen molar-refractivity contribution in [3.8, 4) is 11.5 Å². The fourth-order valence-corrected chi connectivity index (χ4v) is 4.66. The number of nitrogens with zero attached hydrogens (tertiary/aromatic N) is 2. The number of fused-ring (bicyclic) bond motifs is 2. The number of Topliss-reactive ketones (excluding diaryl/α,β-unsaturated/α-hetero) is 1. The largest absolute Gasteiger partial charge is 1.00 e. The van der Waals surface area contributed by atoms with Crippen molar-refractivity contribution >= 4 is 77.0 Å². The molecule has 0 bridgehead atoms. The molecule has 4 aromatic rings. The summed E-state index contributed by atoms with van der Waals surface area (Å²) in [6.45, 7) is 1.09. The summed E-state index contributed by atoms with van der Waals surface area (Å²) in [5, 5.41) is 9.94. The van der Waals surface area contributed by atoms with E-state index in [1.54, 1.807) is 0 Å². The van der Waals surface area contributed by atoms with Crippen LogP contribution in [0.3, 0.4) is 0 Å². The number of rotatable bonds is 9. The number of hydrogen-bond donors (Lipinski definition) is 1. The molecule has 1 atom stereocenters. The van der Waals surface area contributed by atoms with Crippen LogP contribution in [-0.2, 0) is 30.4 Å². The third-order valence-corrected chi connectivity index (χ3v) is 6.32. The van der Waals surface area contributed by atoms with Crippen LogP contribution >= 0.6 is 11.6 Å². The molecule has 0 aliphatic heterocycles. The standard InChI is InChI=1S/C24H18ClN3O10S2.2Na/c1-13(29)21(24(30)26-15-11-9-14(25)10-12-15)28-27-19-8-4-7-18-20(19)23(38-40(34,35)36)17-6-3-2-5-16(17)22(18)37-39(31,32)33;;/h2-12,21H,1H3,(H,26,30)(H,31,32,33)(H,34,35,36);;/q;2*+1/p-2. The number of benzene rings is 4. The molecule has 18 heteroatoms. The molecular weight excluding hydrogens is 636 g/mol. The van der Waals surface area contributed by atoms with Gasteiger partial charge in [0, 0.05) is 26.9 Å². The Labute approximate surface area is 289 Å². The number of azo groups is 1. The van der Waals surface area contributed by atoms with Crippen molar-refractivity contribution in [1.82, 2.24) is 0 Å². The molecule has 0 fully saturated rings. The molecule has 0 radical (unpaired) electrons. The summed E-state index contributed by atoms with van der Waals surface area (Å²) in [6.07, 6.45) is 0. The van der Waals surface area contributed by atoms with Crippen LogP contribution < -0.4 is 72.8 Å². The maximum absolute atomic E-state index is 12.8. The second-order valence-electron chi connectivity index (χ2n) is 8.11. The average molecular weight is 652 g/mol. The van der Waals surface area contributed by atoms with Crippen molar-refractivity contribution in [3.63, 3.8) is 0 Å². The third kappa shape index (κ3) is 8.93. The number of carbonyl (C=O) groups is 2. The molecular formula is C24H16ClN3Na2O10S2. The second kappa shape index (κ2) is 14.5. The Hall–Kier alpha value is -2.15. The molecule has 1 N–H and O–H groups in total. The van der Waals surface area contributed by atoms with Crippen LogP contribution in [0.5, 0.6) is 11.5 Å². The summed E-state index contributed by atoms with van der Waals surface area (Å²) in [5.74, 6) is -2.64. The molecule has 208 valence electrons. The van der Waals surface area contributed by atoms with Crippen LogP contribution in [0, 0.1) is 0 Å². The molecule has 0 spiro atoms. The van der Waals surface area contributed by atoms with Crippen molar-refractivity contribution in [2.75, 3.05) is 5.32 Å². The summed E-state index contributed by atoms with van der Waals surface area (Å²) in [4.78, 5) is 25.0. The van der Waals surface area contributed by atoms with Crippen molar-refractivity contribution in [2.45, 2.75) is 13.0 Å².